The van der Waals surface area contributed by atoms with Crippen LogP contribution in [0.2, 0.25) is 0 Å². The molecule has 1 aliphatic carbocycles. The Balaban J connectivity index is 1.64. The van der Waals surface area contributed by atoms with Crippen LogP contribution in [-0.4, -0.2) is 46.3 Å². The monoisotopic (exact) mass is 518 g/mol. The number of aryl methyl sites for hydroxylation is 1. The summed E-state index contributed by atoms with van der Waals surface area (Å²) in [5.74, 6) is -2.56. The molecule has 0 bridgehead atoms. The average molecular weight is 519 g/mol. The van der Waals surface area contributed by atoms with E-state index in [4.69, 9.17) is 9.47 Å². The van der Waals surface area contributed by atoms with Crippen LogP contribution >= 0.6 is 0 Å². The molecule has 7 nitrogen and oxygen atoms in total. The van der Waals surface area contributed by atoms with E-state index in [1.54, 1.807) is 16.4 Å². The molecule has 4 rings (SSSR count). The number of aromatic nitrogens is 1. The molecule has 1 saturated heterocycles. The fourth-order valence-electron chi connectivity index (χ4n) is 5.25. The van der Waals surface area contributed by atoms with E-state index in [1.165, 1.54) is 6.20 Å². The quantitative estimate of drug-likeness (QED) is 0.436. The molecule has 1 saturated carbocycles. The van der Waals surface area contributed by atoms with E-state index in [9.17, 15) is 18.8 Å². The zero-order valence-electron chi connectivity index (χ0n) is 22.2. The van der Waals surface area contributed by atoms with Gasteiger partial charge in [-0.3, -0.25) is 4.79 Å². The third-order valence-corrected chi connectivity index (χ3v) is 6.95. The number of nitrogens with zero attached hydrogens (tertiary/aromatic N) is 2. The Hall–Kier alpha value is -2.97. The number of fused-ring (bicyclic) bond motifs is 1. The molecule has 0 spiro atoms. The zero-order valence-corrected chi connectivity index (χ0v) is 22.2. The first-order valence-corrected chi connectivity index (χ1v) is 13.1. The molecule has 1 aliphatic heterocycles. The van der Waals surface area contributed by atoms with E-state index in [2.05, 4.69) is 6.92 Å². The molecule has 1 aromatic heterocycles. The van der Waals surface area contributed by atoms with Crippen molar-refractivity contribution >= 4 is 23.0 Å². The number of rotatable bonds is 7. The SMILES string of the molecule is CCOC(=O)c1cn(C2CC2)c2c(CCC[C@@H]3C[C@@H](C)CN3C(=O)OC(C)(C)C)c(F)c(F)cc2c1=O. The van der Waals surface area contributed by atoms with Gasteiger partial charge in [0.05, 0.1) is 12.1 Å². The summed E-state index contributed by atoms with van der Waals surface area (Å²) < 4.78 is 42.2. The minimum atomic E-state index is -1.12. The minimum Gasteiger partial charge on any atom is -0.462 e. The fourth-order valence-corrected chi connectivity index (χ4v) is 5.25. The average Bonchev–Trinajstić information content (AvgIpc) is 3.58. The van der Waals surface area contributed by atoms with E-state index in [1.807, 2.05) is 20.8 Å². The second-order valence-corrected chi connectivity index (χ2v) is 11.3. The Kier molecular flexibility index (Phi) is 7.62. The molecule has 2 atom stereocenters. The van der Waals surface area contributed by atoms with Crippen molar-refractivity contribution < 1.29 is 27.8 Å². The van der Waals surface area contributed by atoms with Crippen molar-refractivity contribution in [3.8, 4) is 0 Å². The minimum absolute atomic E-state index is 0.0122. The number of esters is 1. The number of pyridine rings is 1. The van der Waals surface area contributed by atoms with Crippen molar-refractivity contribution in [2.45, 2.75) is 90.8 Å². The number of benzene rings is 1. The molecular formula is C28H36F2N2O5. The van der Waals surface area contributed by atoms with E-state index >= 15 is 4.39 Å². The molecule has 2 aliphatic rings. The van der Waals surface area contributed by atoms with E-state index in [-0.39, 0.29) is 47.7 Å². The summed E-state index contributed by atoms with van der Waals surface area (Å²) in [6, 6.07) is 0.841. The normalized spacial score (nSPS) is 19.9. The third kappa shape index (κ3) is 5.80. The van der Waals surface area contributed by atoms with Gasteiger partial charge in [-0.1, -0.05) is 6.92 Å². The number of hydrogen-bond donors (Lipinski definition) is 0. The number of carbonyl (C=O) groups is 2. The molecule has 37 heavy (non-hydrogen) atoms. The second-order valence-electron chi connectivity index (χ2n) is 11.3. The van der Waals surface area contributed by atoms with Crippen LogP contribution in [0.4, 0.5) is 13.6 Å². The number of likely N-dealkylation sites (tertiary alicyclic amines) is 1. The van der Waals surface area contributed by atoms with Crippen LogP contribution in [0, 0.1) is 17.6 Å². The Morgan fingerprint density at radius 1 is 1.19 bits per heavy atom. The van der Waals surface area contributed by atoms with Gasteiger partial charge in [0.15, 0.2) is 11.6 Å². The second kappa shape index (κ2) is 10.4. The van der Waals surface area contributed by atoms with Crippen LogP contribution in [0.1, 0.15) is 88.7 Å². The molecule has 2 fully saturated rings. The van der Waals surface area contributed by atoms with Crippen molar-refractivity contribution in [2.75, 3.05) is 13.2 Å². The summed E-state index contributed by atoms with van der Waals surface area (Å²) in [7, 11) is 0. The van der Waals surface area contributed by atoms with Crippen LogP contribution in [0.5, 0.6) is 0 Å². The van der Waals surface area contributed by atoms with Gasteiger partial charge in [0.25, 0.3) is 0 Å². The first-order chi connectivity index (χ1) is 17.4. The number of hydrogen-bond acceptors (Lipinski definition) is 5. The topological polar surface area (TPSA) is 77.8 Å². The molecule has 9 heteroatoms. The molecule has 202 valence electrons. The van der Waals surface area contributed by atoms with Crippen LogP contribution in [-0.2, 0) is 15.9 Å². The maximum atomic E-state index is 15.2. The predicted octanol–water partition coefficient (Wildman–Crippen LogP) is 5.76. The van der Waals surface area contributed by atoms with Crippen LogP contribution in [0.3, 0.4) is 0 Å². The number of ether oxygens (including phenoxy) is 2. The van der Waals surface area contributed by atoms with Crippen molar-refractivity contribution in [2.24, 2.45) is 5.92 Å². The Bertz CT molecular complexity index is 1260. The highest BCUT2D eigenvalue weighted by Crippen LogP contribution is 2.39. The van der Waals surface area contributed by atoms with Gasteiger partial charge in [-0.2, -0.15) is 0 Å². The summed E-state index contributed by atoms with van der Waals surface area (Å²) in [4.78, 5) is 40.0. The Morgan fingerprint density at radius 2 is 1.89 bits per heavy atom. The van der Waals surface area contributed by atoms with E-state index < -0.39 is 28.6 Å². The zero-order chi connectivity index (χ0) is 27.1. The van der Waals surface area contributed by atoms with Crippen molar-refractivity contribution in [3.63, 3.8) is 0 Å². The van der Waals surface area contributed by atoms with Crippen LogP contribution in [0.25, 0.3) is 10.9 Å². The molecule has 1 aromatic carbocycles. The van der Waals surface area contributed by atoms with Gasteiger partial charge in [-0.25, -0.2) is 18.4 Å². The largest absolute Gasteiger partial charge is 0.462 e. The summed E-state index contributed by atoms with van der Waals surface area (Å²) in [5, 5.41) is -0.0174. The van der Waals surface area contributed by atoms with Crippen molar-refractivity contribution in [1.29, 1.82) is 0 Å². The van der Waals surface area contributed by atoms with Gasteiger partial charge in [-0.15, -0.1) is 0 Å². The highest BCUT2D eigenvalue weighted by molar-refractivity contribution is 5.94. The predicted molar refractivity (Wildman–Crippen MR) is 136 cm³/mol. The maximum Gasteiger partial charge on any atom is 0.410 e. The molecule has 1 amide bonds. The molecule has 0 N–H and O–H groups in total. The van der Waals surface area contributed by atoms with E-state index in [0.717, 1.165) is 25.3 Å². The lowest BCUT2D eigenvalue weighted by molar-refractivity contribution is 0.0214. The molecular weight excluding hydrogens is 482 g/mol. The lowest BCUT2D eigenvalue weighted by atomic mass is 9.97. The number of carbonyl (C=O) groups excluding carboxylic acids is 2. The number of amides is 1. The molecule has 2 heterocycles. The first-order valence-electron chi connectivity index (χ1n) is 13.1. The van der Waals surface area contributed by atoms with Gasteiger partial charge in [0.1, 0.15) is 11.2 Å². The van der Waals surface area contributed by atoms with Crippen molar-refractivity contribution in [1.82, 2.24) is 9.47 Å². The highest BCUT2D eigenvalue weighted by atomic mass is 19.2. The van der Waals surface area contributed by atoms with Gasteiger partial charge in [0, 0.05) is 35.8 Å². The summed E-state index contributed by atoms with van der Waals surface area (Å²) >= 11 is 0. The fraction of sp³-hybridized carbons (Fsp3) is 0.607. The Morgan fingerprint density at radius 3 is 2.51 bits per heavy atom. The summed E-state index contributed by atoms with van der Waals surface area (Å²) in [5.41, 5.74) is -0.976. The highest BCUT2D eigenvalue weighted by Gasteiger charge is 2.36. The smallest absolute Gasteiger partial charge is 0.410 e. The summed E-state index contributed by atoms with van der Waals surface area (Å²) in [6.07, 6.45) is 4.80. The first kappa shape index (κ1) is 27.1. The molecule has 0 radical (unpaired) electrons. The lowest BCUT2D eigenvalue weighted by Gasteiger charge is -2.28. The summed E-state index contributed by atoms with van der Waals surface area (Å²) in [6.45, 7) is 9.88. The Labute approximate surface area is 215 Å². The van der Waals surface area contributed by atoms with E-state index in [0.29, 0.717) is 30.8 Å². The van der Waals surface area contributed by atoms with Gasteiger partial charge >= 0.3 is 12.1 Å². The maximum absolute atomic E-state index is 15.2. The standard InChI is InChI=1S/C28H36F2N2O5/c1-6-36-26(34)21-15-31(17-10-11-17)24-19(23(30)22(29)13-20(24)25(21)33)9-7-8-18-12-16(2)14-32(18)27(35)37-28(3,4)5/h13,15-18H,6-12,14H2,1-5H3/t16-,18-/m1/s1. The van der Waals surface area contributed by atoms with Crippen LogP contribution in [0.15, 0.2) is 17.1 Å². The third-order valence-electron chi connectivity index (χ3n) is 6.95. The van der Waals surface area contributed by atoms with Gasteiger partial charge in [-0.05, 0) is 78.2 Å². The lowest BCUT2D eigenvalue weighted by Crippen LogP contribution is -2.40. The number of halogens is 2. The molecule has 2 aromatic rings. The van der Waals surface area contributed by atoms with Crippen LogP contribution < -0.4 is 5.43 Å². The van der Waals surface area contributed by atoms with Crippen molar-refractivity contribution in [3.05, 3.63) is 45.2 Å². The molecule has 0 unspecified atom stereocenters. The van der Waals surface area contributed by atoms with Gasteiger partial charge < -0.3 is 18.9 Å². The van der Waals surface area contributed by atoms with Gasteiger partial charge in [0.2, 0.25) is 5.43 Å².